The number of aliphatic carboxylic acids is 1. The minimum Gasteiger partial charge on any atom is -0.480 e. The lowest BCUT2D eigenvalue weighted by Crippen LogP contribution is -2.63. The van der Waals surface area contributed by atoms with Crippen LogP contribution in [-0.2, 0) is 4.79 Å². The van der Waals surface area contributed by atoms with E-state index in [2.05, 4.69) is 40.8 Å². The number of halogens is 1. The molecule has 0 radical (unpaired) electrons. The molecule has 0 fully saturated rings. The third kappa shape index (κ3) is 4.79. The summed E-state index contributed by atoms with van der Waals surface area (Å²) in [6.07, 6.45) is 3.80. The number of rotatable bonds is 7. The second kappa shape index (κ2) is 10.1. The maximum absolute atomic E-state index is 14.1. The van der Waals surface area contributed by atoms with Crippen LogP contribution in [-0.4, -0.2) is 41.6 Å². The summed E-state index contributed by atoms with van der Waals surface area (Å²) in [5.41, 5.74) is 5.47. The van der Waals surface area contributed by atoms with E-state index in [9.17, 15) is 14.3 Å². The van der Waals surface area contributed by atoms with E-state index in [4.69, 9.17) is 4.98 Å². The first-order valence-corrected chi connectivity index (χ1v) is 12.0. The highest BCUT2D eigenvalue weighted by Crippen LogP contribution is 2.34. The zero-order chi connectivity index (χ0) is 24.2. The maximum Gasteiger partial charge on any atom is 0.325 e. The fourth-order valence-electron chi connectivity index (χ4n) is 3.79. The lowest BCUT2D eigenvalue weighted by Gasteiger charge is -2.18. The summed E-state index contributed by atoms with van der Waals surface area (Å²) >= 11 is 1.70. The van der Waals surface area contributed by atoms with Crippen LogP contribution < -0.4 is 10.3 Å². The van der Waals surface area contributed by atoms with Gasteiger partial charge in [-0.1, -0.05) is 36.4 Å². The van der Waals surface area contributed by atoms with Gasteiger partial charge in [0.2, 0.25) is 0 Å². The number of anilines is 1. The zero-order valence-electron chi connectivity index (χ0n) is 19.1. The van der Waals surface area contributed by atoms with Crippen molar-refractivity contribution in [3.05, 3.63) is 78.1 Å². The van der Waals surface area contributed by atoms with E-state index in [1.807, 2.05) is 24.3 Å². The van der Waals surface area contributed by atoms with Crippen LogP contribution in [0.4, 0.5) is 10.1 Å². The molecule has 0 spiro atoms. The second-order valence-corrected chi connectivity index (χ2v) is 8.73. The molecule has 34 heavy (non-hydrogen) atoms. The molecule has 3 N–H and O–H groups in total. The minimum absolute atomic E-state index is 0.416. The van der Waals surface area contributed by atoms with Gasteiger partial charge in [-0.25, -0.2) is 9.37 Å². The first-order chi connectivity index (χ1) is 16.4. The standard InChI is InChI=1S/C27H24FN3O2S/c1-16(27(32)33)30-26-22-14-20(28)10-13-24(22)31-25(23(26)15-29-2)19-6-4-17(5-7-19)18-8-11-21(34-3)12-9-18/h4-16H,1-3H3,(H,30,31)(H,32,33)/p+1. The Hall–Kier alpha value is -3.71. The molecule has 0 aliphatic rings. The zero-order valence-corrected chi connectivity index (χ0v) is 19.9. The molecule has 0 aliphatic heterocycles. The number of benzene rings is 3. The highest BCUT2D eigenvalue weighted by atomic mass is 32.2. The molecule has 4 rings (SSSR count). The van der Waals surface area contributed by atoms with Gasteiger partial charge >= 0.3 is 5.97 Å². The molecule has 7 heteroatoms. The second-order valence-electron chi connectivity index (χ2n) is 7.85. The molecule has 4 aromatic rings. The van der Waals surface area contributed by atoms with Crippen molar-refractivity contribution in [1.82, 2.24) is 4.98 Å². The Morgan fingerprint density at radius 3 is 2.26 bits per heavy atom. The van der Waals surface area contributed by atoms with Crippen LogP contribution in [0.2, 0.25) is 0 Å². The van der Waals surface area contributed by atoms with Crippen molar-refractivity contribution in [2.75, 3.05) is 18.6 Å². The number of nitrogens with zero attached hydrogens (tertiary/aromatic N) is 1. The number of carbonyl (C=O) groups is 1. The number of carboxylic acid groups (broad SMARTS) is 1. The SMILES string of the molecule is C[NH+]=Cc1c(-c2ccc(-c3ccc(SC)cc3)cc2)nc2ccc(F)cc2c1NC(C)C(=O)O. The molecular formula is C27H25FN3O2S+. The predicted molar refractivity (Wildman–Crippen MR) is 137 cm³/mol. The molecule has 172 valence electrons. The number of pyridine rings is 1. The third-order valence-electron chi connectivity index (χ3n) is 5.59. The van der Waals surface area contributed by atoms with Gasteiger partial charge in [0.25, 0.3) is 0 Å². The topological polar surface area (TPSA) is 76.2 Å². The Labute approximate surface area is 201 Å². The molecule has 0 amide bonds. The summed E-state index contributed by atoms with van der Waals surface area (Å²) in [7, 11) is 1.76. The summed E-state index contributed by atoms with van der Waals surface area (Å²) < 4.78 is 14.1. The molecular weight excluding hydrogens is 449 g/mol. The number of carboxylic acids is 1. The largest absolute Gasteiger partial charge is 0.480 e. The lowest BCUT2D eigenvalue weighted by atomic mass is 9.98. The summed E-state index contributed by atoms with van der Waals surface area (Å²) in [6, 6.07) is 19.9. The maximum atomic E-state index is 14.1. The highest BCUT2D eigenvalue weighted by molar-refractivity contribution is 7.98. The number of hydrogen-bond acceptors (Lipinski definition) is 4. The number of hydrogen-bond donors (Lipinski definition) is 3. The van der Waals surface area contributed by atoms with Crippen LogP contribution >= 0.6 is 11.8 Å². The molecule has 0 aliphatic carbocycles. The van der Waals surface area contributed by atoms with Crippen molar-refractivity contribution >= 4 is 40.5 Å². The van der Waals surface area contributed by atoms with Crippen LogP contribution in [0.15, 0.2) is 71.6 Å². The number of nitrogens with one attached hydrogen (secondary N) is 2. The fourth-order valence-corrected chi connectivity index (χ4v) is 4.20. The van der Waals surface area contributed by atoms with Crippen molar-refractivity contribution in [3.63, 3.8) is 0 Å². The fraction of sp³-hybridized carbons (Fsp3) is 0.148. The molecule has 5 nitrogen and oxygen atoms in total. The third-order valence-corrected chi connectivity index (χ3v) is 6.33. The van der Waals surface area contributed by atoms with Gasteiger partial charge in [0, 0.05) is 15.8 Å². The van der Waals surface area contributed by atoms with Gasteiger partial charge in [0.1, 0.15) is 18.9 Å². The van der Waals surface area contributed by atoms with E-state index in [0.717, 1.165) is 16.7 Å². The lowest BCUT2D eigenvalue weighted by molar-refractivity contribution is -0.413. The van der Waals surface area contributed by atoms with E-state index in [0.29, 0.717) is 27.8 Å². The minimum atomic E-state index is -1.00. The molecule has 1 heterocycles. The average molecular weight is 475 g/mol. The van der Waals surface area contributed by atoms with Gasteiger partial charge in [0.05, 0.1) is 22.5 Å². The summed E-state index contributed by atoms with van der Waals surface area (Å²) in [5.74, 6) is -1.42. The van der Waals surface area contributed by atoms with Crippen molar-refractivity contribution in [2.45, 2.75) is 17.9 Å². The normalized spacial score (nSPS) is 12.2. The molecule has 1 unspecified atom stereocenters. The Morgan fingerprint density at radius 2 is 1.68 bits per heavy atom. The van der Waals surface area contributed by atoms with E-state index in [1.54, 1.807) is 38.0 Å². The van der Waals surface area contributed by atoms with Crippen molar-refractivity contribution in [1.29, 1.82) is 0 Å². The quantitative estimate of drug-likeness (QED) is 0.273. The van der Waals surface area contributed by atoms with Gasteiger partial charge in [0.15, 0.2) is 6.21 Å². The molecule has 0 saturated heterocycles. The van der Waals surface area contributed by atoms with Crippen LogP contribution in [0.5, 0.6) is 0 Å². The molecule has 0 bridgehead atoms. The average Bonchev–Trinajstić information content (AvgIpc) is 2.85. The summed E-state index contributed by atoms with van der Waals surface area (Å²) in [5, 5.41) is 13.0. The highest BCUT2D eigenvalue weighted by Gasteiger charge is 2.21. The van der Waals surface area contributed by atoms with Crippen molar-refractivity contribution in [3.8, 4) is 22.4 Å². The monoisotopic (exact) mass is 474 g/mol. The van der Waals surface area contributed by atoms with Gasteiger partial charge in [-0.15, -0.1) is 11.8 Å². The Morgan fingerprint density at radius 1 is 1.06 bits per heavy atom. The summed E-state index contributed by atoms with van der Waals surface area (Å²) in [6.45, 7) is 1.55. The number of fused-ring (bicyclic) bond motifs is 1. The molecule has 3 aromatic carbocycles. The van der Waals surface area contributed by atoms with E-state index < -0.39 is 17.8 Å². The Balaban J connectivity index is 1.86. The Bertz CT molecular complexity index is 1370. The van der Waals surface area contributed by atoms with Crippen LogP contribution in [0.25, 0.3) is 33.3 Å². The van der Waals surface area contributed by atoms with Gasteiger partial charge < -0.3 is 10.4 Å². The summed E-state index contributed by atoms with van der Waals surface area (Å²) in [4.78, 5) is 20.6. The first-order valence-electron chi connectivity index (χ1n) is 10.8. The van der Waals surface area contributed by atoms with Crippen molar-refractivity contribution in [2.24, 2.45) is 0 Å². The number of aromatic nitrogens is 1. The van der Waals surface area contributed by atoms with Gasteiger partial charge in [-0.05, 0) is 54.6 Å². The number of thioether (sulfide) groups is 1. The van der Waals surface area contributed by atoms with Crippen LogP contribution in [0.1, 0.15) is 12.5 Å². The predicted octanol–water partition coefficient (Wildman–Crippen LogP) is 4.44. The van der Waals surface area contributed by atoms with E-state index >= 15 is 0 Å². The van der Waals surface area contributed by atoms with Gasteiger partial charge in [-0.3, -0.25) is 9.79 Å². The van der Waals surface area contributed by atoms with E-state index in [-0.39, 0.29) is 0 Å². The van der Waals surface area contributed by atoms with Crippen LogP contribution in [0.3, 0.4) is 0 Å². The molecule has 1 aromatic heterocycles. The molecule has 0 saturated carbocycles. The van der Waals surface area contributed by atoms with E-state index in [1.165, 1.54) is 17.0 Å². The van der Waals surface area contributed by atoms with Gasteiger partial charge in [-0.2, -0.15) is 0 Å². The first kappa shape index (κ1) is 23.4. The van der Waals surface area contributed by atoms with Crippen LogP contribution in [0, 0.1) is 5.82 Å². The smallest absolute Gasteiger partial charge is 0.325 e. The molecule has 1 atom stereocenters. The Kier molecular flexibility index (Phi) is 6.93. The van der Waals surface area contributed by atoms with Crippen molar-refractivity contribution < 1.29 is 19.3 Å².